The Kier molecular flexibility index (Phi) is 4.94. The molecule has 0 bridgehead atoms. The predicted octanol–water partition coefficient (Wildman–Crippen LogP) is 3.41. The van der Waals surface area contributed by atoms with Crippen LogP contribution in [0.1, 0.15) is 5.76 Å². The van der Waals surface area contributed by atoms with Gasteiger partial charge in [0.25, 0.3) is 0 Å². The molecule has 7 heteroatoms. The molecule has 128 valence electrons. The monoisotopic (exact) mass is 338 g/mol. The van der Waals surface area contributed by atoms with E-state index in [1.54, 1.807) is 50.7 Å². The van der Waals surface area contributed by atoms with E-state index in [0.717, 1.165) is 11.4 Å². The first-order chi connectivity index (χ1) is 12.2. The zero-order valence-corrected chi connectivity index (χ0v) is 14.0. The van der Waals surface area contributed by atoms with Crippen molar-refractivity contribution in [2.45, 2.75) is 6.54 Å². The van der Waals surface area contributed by atoms with Crippen molar-refractivity contribution in [2.24, 2.45) is 0 Å². The highest BCUT2D eigenvalue weighted by molar-refractivity contribution is 5.89. The highest BCUT2D eigenvalue weighted by atomic mass is 16.5. The second-order valence-corrected chi connectivity index (χ2v) is 5.41. The number of aromatic nitrogens is 2. The molecule has 0 saturated carbocycles. The standard InChI is InChI=1S/C18H18N4O3/c1-22(18(23)20-13-6-8-14(24-2)9-7-13)12-15-11-17(21-25-15)16-5-3-4-10-19-16/h3-11H,12H2,1-2H3,(H,20,23). The van der Waals surface area contributed by atoms with Gasteiger partial charge in [0.2, 0.25) is 0 Å². The van der Waals surface area contributed by atoms with Gasteiger partial charge in [0.1, 0.15) is 11.4 Å². The minimum absolute atomic E-state index is 0.249. The maximum absolute atomic E-state index is 12.3. The highest BCUT2D eigenvalue weighted by Crippen LogP contribution is 2.18. The van der Waals surface area contributed by atoms with E-state index >= 15 is 0 Å². The Morgan fingerprint density at radius 2 is 2.00 bits per heavy atom. The molecular weight excluding hydrogens is 320 g/mol. The van der Waals surface area contributed by atoms with Crippen LogP contribution in [0.3, 0.4) is 0 Å². The summed E-state index contributed by atoms with van der Waals surface area (Å²) in [6.45, 7) is 0.293. The highest BCUT2D eigenvalue weighted by Gasteiger charge is 2.14. The first-order valence-corrected chi connectivity index (χ1v) is 7.69. The van der Waals surface area contributed by atoms with Crippen molar-refractivity contribution >= 4 is 11.7 Å². The molecule has 2 aromatic heterocycles. The number of nitrogens with one attached hydrogen (secondary N) is 1. The van der Waals surface area contributed by atoms with Crippen LogP contribution in [0, 0.1) is 0 Å². The maximum atomic E-state index is 12.3. The summed E-state index contributed by atoms with van der Waals surface area (Å²) in [5, 5.41) is 6.80. The van der Waals surface area contributed by atoms with Crippen molar-refractivity contribution in [3.05, 3.63) is 60.5 Å². The summed E-state index contributed by atoms with van der Waals surface area (Å²) in [5.74, 6) is 1.31. The molecule has 0 aliphatic carbocycles. The van der Waals surface area contributed by atoms with Gasteiger partial charge in [0.05, 0.1) is 19.3 Å². The number of nitrogens with zero attached hydrogens (tertiary/aromatic N) is 3. The molecule has 0 aliphatic rings. The maximum Gasteiger partial charge on any atom is 0.321 e. The number of amides is 2. The quantitative estimate of drug-likeness (QED) is 0.771. The van der Waals surface area contributed by atoms with Crippen LogP contribution in [0.15, 0.2) is 59.3 Å². The molecule has 0 saturated heterocycles. The number of ether oxygens (including phenoxy) is 1. The van der Waals surface area contributed by atoms with Gasteiger partial charge in [-0.25, -0.2) is 4.79 Å². The van der Waals surface area contributed by atoms with Gasteiger partial charge in [-0.1, -0.05) is 11.2 Å². The molecule has 0 spiro atoms. The molecule has 1 aromatic carbocycles. The Bertz CT molecular complexity index is 831. The Hall–Kier alpha value is -3.35. The lowest BCUT2D eigenvalue weighted by Crippen LogP contribution is -2.30. The van der Waals surface area contributed by atoms with Crippen molar-refractivity contribution in [3.63, 3.8) is 0 Å². The predicted molar refractivity (Wildman–Crippen MR) is 93.2 cm³/mol. The van der Waals surface area contributed by atoms with Gasteiger partial charge >= 0.3 is 6.03 Å². The van der Waals surface area contributed by atoms with E-state index in [0.29, 0.717) is 23.7 Å². The molecular formula is C18H18N4O3. The van der Waals surface area contributed by atoms with Gasteiger partial charge in [0.15, 0.2) is 5.76 Å². The third kappa shape index (κ3) is 4.14. The molecule has 3 aromatic rings. The smallest absolute Gasteiger partial charge is 0.321 e. The lowest BCUT2D eigenvalue weighted by atomic mass is 10.2. The zero-order valence-electron chi connectivity index (χ0n) is 14.0. The Morgan fingerprint density at radius 1 is 1.20 bits per heavy atom. The van der Waals surface area contributed by atoms with E-state index in [1.165, 1.54) is 4.90 Å². The zero-order chi connectivity index (χ0) is 17.6. The third-order valence-corrected chi connectivity index (χ3v) is 3.57. The fraction of sp³-hybridized carbons (Fsp3) is 0.167. The Balaban J connectivity index is 1.60. The van der Waals surface area contributed by atoms with E-state index in [2.05, 4.69) is 15.5 Å². The number of hydrogen-bond acceptors (Lipinski definition) is 5. The largest absolute Gasteiger partial charge is 0.497 e. The molecule has 0 unspecified atom stereocenters. The van der Waals surface area contributed by atoms with E-state index in [9.17, 15) is 4.79 Å². The van der Waals surface area contributed by atoms with Crippen molar-refractivity contribution in [3.8, 4) is 17.1 Å². The lowest BCUT2D eigenvalue weighted by molar-refractivity contribution is 0.214. The van der Waals surface area contributed by atoms with Gasteiger partial charge in [-0.3, -0.25) is 4.98 Å². The topological polar surface area (TPSA) is 80.5 Å². The minimum Gasteiger partial charge on any atom is -0.497 e. The van der Waals surface area contributed by atoms with Gasteiger partial charge in [-0.2, -0.15) is 0 Å². The second-order valence-electron chi connectivity index (χ2n) is 5.41. The molecule has 2 amide bonds. The fourth-order valence-corrected chi connectivity index (χ4v) is 2.22. The van der Waals surface area contributed by atoms with Crippen molar-refractivity contribution < 1.29 is 14.1 Å². The van der Waals surface area contributed by atoms with E-state index in [1.807, 2.05) is 18.2 Å². The fourth-order valence-electron chi connectivity index (χ4n) is 2.22. The van der Waals surface area contributed by atoms with Crippen LogP contribution >= 0.6 is 0 Å². The average Bonchev–Trinajstić information content (AvgIpc) is 3.11. The van der Waals surface area contributed by atoms with Gasteiger partial charge in [-0.15, -0.1) is 0 Å². The molecule has 0 radical (unpaired) electrons. The number of benzene rings is 1. The molecule has 0 atom stereocenters. The normalized spacial score (nSPS) is 10.3. The number of anilines is 1. The van der Waals surface area contributed by atoms with Gasteiger partial charge in [0, 0.05) is 25.0 Å². The number of rotatable bonds is 5. The third-order valence-electron chi connectivity index (χ3n) is 3.57. The summed E-state index contributed by atoms with van der Waals surface area (Å²) < 4.78 is 10.4. The summed E-state index contributed by atoms with van der Waals surface area (Å²) in [5.41, 5.74) is 2.05. The average molecular weight is 338 g/mol. The number of carbonyl (C=O) groups is 1. The molecule has 2 heterocycles. The SMILES string of the molecule is COc1ccc(NC(=O)N(C)Cc2cc(-c3ccccn3)no2)cc1. The first-order valence-electron chi connectivity index (χ1n) is 7.69. The van der Waals surface area contributed by atoms with Crippen molar-refractivity contribution in [2.75, 3.05) is 19.5 Å². The molecule has 7 nitrogen and oxygen atoms in total. The van der Waals surface area contributed by atoms with Crippen LogP contribution in [0.25, 0.3) is 11.4 Å². The van der Waals surface area contributed by atoms with Crippen LogP contribution in [-0.2, 0) is 6.54 Å². The molecule has 3 rings (SSSR count). The van der Waals surface area contributed by atoms with Crippen molar-refractivity contribution in [1.82, 2.24) is 15.0 Å². The number of carbonyl (C=O) groups excluding carboxylic acids is 1. The summed E-state index contributed by atoms with van der Waals surface area (Å²) in [6.07, 6.45) is 1.69. The van der Waals surface area contributed by atoms with Gasteiger partial charge in [-0.05, 0) is 36.4 Å². The number of urea groups is 1. The summed E-state index contributed by atoms with van der Waals surface area (Å²) >= 11 is 0. The number of methoxy groups -OCH3 is 1. The molecule has 25 heavy (non-hydrogen) atoms. The van der Waals surface area contributed by atoms with Crippen molar-refractivity contribution in [1.29, 1.82) is 0 Å². The summed E-state index contributed by atoms with van der Waals surface area (Å²) in [4.78, 5) is 18.0. The van der Waals surface area contributed by atoms with Crippen LogP contribution in [-0.4, -0.2) is 35.2 Å². The molecule has 1 N–H and O–H groups in total. The van der Waals surface area contributed by atoms with Gasteiger partial charge < -0.3 is 19.5 Å². The summed E-state index contributed by atoms with van der Waals surface area (Å²) in [7, 11) is 3.28. The molecule has 0 fully saturated rings. The van der Waals surface area contributed by atoms with E-state index in [-0.39, 0.29) is 6.03 Å². The van der Waals surface area contributed by atoms with E-state index in [4.69, 9.17) is 9.26 Å². The Morgan fingerprint density at radius 3 is 2.68 bits per heavy atom. The second kappa shape index (κ2) is 7.48. The van der Waals surface area contributed by atoms with Crippen LogP contribution in [0.4, 0.5) is 10.5 Å². The first kappa shape index (κ1) is 16.5. The summed E-state index contributed by atoms with van der Waals surface area (Å²) in [6, 6.07) is 14.2. The minimum atomic E-state index is -0.249. The number of pyridine rings is 1. The van der Waals surface area contributed by atoms with Crippen LogP contribution in [0.5, 0.6) is 5.75 Å². The number of hydrogen-bond donors (Lipinski definition) is 1. The molecule has 0 aliphatic heterocycles. The Labute approximate surface area is 145 Å². The van der Waals surface area contributed by atoms with Crippen LogP contribution < -0.4 is 10.1 Å². The lowest BCUT2D eigenvalue weighted by Gasteiger charge is -2.16. The van der Waals surface area contributed by atoms with Crippen LogP contribution in [0.2, 0.25) is 0 Å². The van der Waals surface area contributed by atoms with E-state index < -0.39 is 0 Å².